The Balaban J connectivity index is 1.38. The van der Waals surface area contributed by atoms with Crippen molar-refractivity contribution < 1.29 is 9.53 Å². The molecule has 3 saturated carbocycles. The van der Waals surface area contributed by atoms with Crippen LogP contribution in [0.3, 0.4) is 0 Å². The molecule has 2 bridgehead atoms. The summed E-state index contributed by atoms with van der Waals surface area (Å²) in [5.41, 5.74) is 1.55. The van der Waals surface area contributed by atoms with Crippen LogP contribution in [0.1, 0.15) is 38.5 Å². The number of carbonyl (C=O) groups is 1. The summed E-state index contributed by atoms with van der Waals surface area (Å²) in [5, 5.41) is 8.41. The fraction of sp³-hybridized carbons (Fsp3) is 0.409. The van der Waals surface area contributed by atoms with Crippen LogP contribution in [0.5, 0.6) is 5.75 Å². The second-order valence-corrected chi connectivity index (χ2v) is 7.42. The second-order valence-electron chi connectivity index (χ2n) is 7.42. The quantitative estimate of drug-likeness (QED) is 0.374. The topological polar surface area (TPSA) is 51.0 Å². The lowest BCUT2D eigenvalue weighted by Gasteiger charge is -2.26. The molecule has 0 aliphatic heterocycles. The van der Waals surface area contributed by atoms with Gasteiger partial charge in [0.1, 0.15) is 5.75 Å². The molecular weight excluding hydrogens is 324 g/mol. The minimum atomic E-state index is -0.0591. The molecule has 134 valence electrons. The molecule has 2 aromatic rings. The smallest absolute Gasteiger partial charge is 0.314 e. The molecule has 1 unspecified atom stereocenters. The lowest BCUT2D eigenvalue weighted by atomic mass is 9.80. The third-order valence-corrected chi connectivity index (χ3v) is 5.74. The lowest BCUT2D eigenvalue weighted by Crippen LogP contribution is -2.27. The van der Waals surface area contributed by atoms with E-state index in [1.807, 2.05) is 42.5 Å². The van der Waals surface area contributed by atoms with Crippen LogP contribution in [0.25, 0.3) is 0 Å². The molecule has 1 atom stereocenters. The SMILES string of the molecule is O=C(Oc1ccc(N=Nc2ccccc2)cc1)C1CCC2CCC1CC2. The zero-order valence-electron chi connectivity index (χ0n) is 14.9. The van der Waals surface area contributed by atoms with Crippen molar-refractivity contribution >= 4 is 17.3 Å². The third kappa shape index (κ3) is 4.01. The highest BCUT2D eigenvalue weighted by atomic mass is 16.5. The normalized spacial score (nSPS) is 25.2. The number of esters is 1. The van der Waals surface area contributed by atoms with Gasteiger partial charge in [0.25, 0.3) is 0 Å². The van der Waals surface area contributed by atoms with Gasteiger partial charge in [0.15, 0.2) is 0 Å². The van der Waals surface area contributed by atoms with Crippen LogP contribution in [-0.2, 0) is 4.79 Å². The van der Waals surface area contributed by atoms with Gasteiger partial charge in [-0.2, -0.15) is 10.2 Å². The number of ether oxygens (including phenoxy) is 1. The zero-order chi connectivity index (χ0) is 17.8. The minimum absolute atomic E-state index is 0.0591. The number of fused-ring (bicyclic) bond motifs is 4. The van der Waals surface area contributed by atoms with Crippen LogP contribution < -0.4 is 4.74 Å². The molecule has 3 aliphatic carbocycles. The standard InChI is InChI=1S/C22H24N2O2/c25-22(21-15-8-16-6-9-17(21)10-7-16)26-20-13-11-19(12-14-20)24-23-18-4-2-1-3-5-18/h1-5,11-14,16-17,21H,6-10,15H2. The van der Waals surface area contributed by atoms with Crippen LogP contribution in [0.4, 0.5) is 11.4 Å². The van der Waals surface area contributed by atoms with Crippen LogP contribution in [0, 0.1) is 17.8 Å². The van der Waals surface area contributed by atoms with Crippen molar-refractivity contribution in [2.45, 2.75) is 38.5 Å². The van der Waals surface area contributed by atoms with Gasteiger partial charge in [0, 0.05) is 0 Å². The van der Waals surface area contributed by atoms with Gasteiger partial charge >= 0.3 is 5.97 Å². The molecule has 0 radical (unpaired) electrons. The molecule has 5 rings (SSSR count). The third-order valence-electron chi connectivity index (χ3n) is 5.74. The molecule has 0 amide bonds. The van der Waals surface area contributed by atoms with E-state index in [1.165, 1.54) is 32.1 Å². The van der Waals surface area contributed by atoms with Crippen LogP contribution in [0.15, 0.2) is 64.8 Å². The lowest BCUT2D eigenvalue weighted by molar-refractivity contribution is -0.141. The minimum Gasteiger partial charge on any atom is -0.426 e. The van der Waals surface area contributed by atoms with E-state index in [4.69, 9.17) is 4.74 Å². The molecule has 4 heteroatoms. The van der Waals surface area contributed by atoms with Gasteiger partial charge in [0.2, 0.25) is 0 Å². The number of azo groups is 1. The van der Waals surface area contributed by atoms with Gasteiger partial charge in [-0.3, -0.25) is 4.79 Å². The second kappa shape index (κ2) is 7.81. The Kier molecular flexibility index (Phi) is 5.09. The van der Waals surface area contributed by atoms with Gasteiger partial charge in [0.05, 0.1) is 17.3 Å². The molecule has 4 nitrogen and oxygen atoms in total. The number of hydrogen-bond donors (Lipinski definition) is 0. The first-order valence-corrected chi connectivity index (χ1v) is 9.56. The first kappa shape index (κ1) is 17.0. The molecule has 3 aliphatic rings. The van der Waals surface area contributed by atoms with E-state index in [0.29, 0.717) is 11.7 Å². The number of nitrogens with zero attached hydrogens (tertiary/aromatic N) is 2. The summed E-state index contributed by atoms with van der Waals surface area (Å²) in [6.07, 6.45) is 7.10. The average Bonchev–Trinajstić information content (AvgIpc) is 3.02. The molecule has 2 aromatic carbocycles. The highest BCUT2D eigenvalue weighted by molar-refractivity contribution is 5.75. The summed E-state index contributed by atoms with van der Waals surface area (Å²) in [5.74, 6) is 1.95. The van der Waals surface area contributed by atoms with E-state index < -0.39 is 0 Å². The highest BCUT2D eigenvalue weighted by Crippen LogP contribution is 2.42. The molecule has 0 N–H and O–H groups in total. The molecule has 0 heterocycles. The van der Waals surface area contributed by atoms with Crippen molar-refractivity contribution in [2.75, 3.05) is 0 Å². The van der Waals surface area contributed by atoms with E-state index in [9.17, 15) is 4.79 Å². The van der Waals surface area contributed by atoms with Gasteiger partial charge in [-0.25, -0.2) is 0 Å². The molecule has 0 spiro atoms. The maximum absolute atomic E-state index is 12.6. The van der Waals surface area contributed by atoms with Crippen molar-refractivity contribution in [3.8, 4) is 5.75 Å². The predicted octanol–water partition coefficient (Wildman–Crippen LogP) is 6.22. The van der Waals surface area contributed by atoms with Crippen molar-refractivity contribution in [1.82, 2.24) is 0 Å². The Morgan fingerprint density at radius 3 is 2.08 bits per heavy atom. The molecule has 0 aromatic heterocycles. The summed E-state index contributed by atoms with van der Waals surface area (Å²) in [6, 6.07) is 16.9. The van der Waals surface area contributed by atoms with E-state index in [1.54, 1.807) is 12.1 Å². The Hall–Kier alpha value is -2.49. The van der Waals surface area contributed by atoms with E-state index in [-0.39, 0.29) is 11.9 Å². The molecule has 0 saturated heterocycles. The van der Waals surface area contributed by atoms with Gasteiger partial charge in [-0.1, -0.05) is 31.0 Å². The molecule has 26 heavy (non-hydrogen) atoms. The maximum Gasteiger partial charge on any atom is 0.314 e. The number of benzene rings is 2. The molecular formula is C22H24N2O2. The Labute approximate surface area is 154 Å². The average molecular weight is 348 g/mol. The van der Waals surface area contributed by atoms with Crippen molar-refractivity contribution in [3.63, 3.8) is 0 Å². The molecule has 3 fully saturated rings. The fourth-order valence-electron chi connectivity index (χ4n) is 4.22. The summed E-state index contributed by atoms with van der Waals surface area (Å²) < 4.78 is 5.67. The largest absolute Gasteiger partial charge is 0.426 e. The fourth-order valence-corrected chi connectivity index (χ4v) is 4.22. The number of rotatable bonds is 4. The first-order chi connectivity index (χ1) is 12.8. The monoisotopic (exact) mass is 348 g/mol. The highest BCUT2D eigenvalue weighted by Gasteiger charge is 2.37. The van der Waals surface area contributed by atoms with Crippen LogP contribution in [0.2, 0.25) is 0 Å². The maximum atomic E-state index is 12.6. The van der Waals surface area contributed by atoms with Crippen molar-refractivity contribution in [3.05, 3.63) is 54.6 Å². The Bertz CT molecular complexity index is 762. The summed E-state index contributed by atoms with van der Waals surface area (Å²) in [6.45, 7) is 0. The Morgan fingerprint density at radius 1 is 0.769 bits per heavy atom. The number of hydrogen-bond acceptors (Lipinski definition) is 4. The Morgan fingerprint density at radius 2 is 1.38 bits per heavy atom. The first-order valence-electron chi connectivity index (χ1n) is 9.56. The van der Waals surface area contributed by atoms with Crippen LogP contribution >= 0.6 is 0 Å². The number of carbonyl (C=O) groups excluding carboxylic acids is 1. The van der Waals surface area contributed by atoms with E-state index >= 15 is 0 Å². The van der Waals surface area contributed by atoms with Gasteiger partial charge in [-0.15, -0.1) is 0 Å². The van der Waals surface area contributed by atoms with Crippen molar-refractivity contribution in [1.29, 1.82) is 0 Å². The van der Waals surface area contributed by atoms with Gasteiger partial charge < -0.3 is 4.74 Å². The zero-order valence-corrected chi connectivity index (χ0v) is 14.9. The summed E-state index contributed by atoms with van der Waals surface area (Å²) in [7, 11) is 0. The van der Waals surface area contributed by atoms with Gasteiger partial charge in [-0.05, 0) is 73.9 Å². The summed E-state index contributed by atoms with van der Waals surface area (Å²) >= 11 is 0. The summed E-state index contributed by atoms with van der Waals surface area (Å²) in [4.78, 5) is 12.6. The van der Waals surface area contributed by atoms with E-state index in [0.717, 1.165) is 23.7 Å². The predicted molar refractivity (Wildman–Crippen MR) is 101 cm³/mol. The van der Waals surface area contributed by atoms with Crippen molar-refractivity contribution in [2.24, 2.45) is 28.0 Å². The van der Waals surface area contributed by atoms with Crippen LogP contribution in [-0.4, -0.2) is 5.97 Å². The van der Waals surface area contributed by atoms with E-state index in [2.05, 4.69) is 10.2 Å².